The summed E-state index contributed by atoms with van der Waals surface area (Å²) in [6.07, 6.45) is -7.63. The Kier molecular flexibility index (Phi) is 5.12. The molecule has 2 aromatic rings. The molecule has 0 bridgehead atoms. The lowest BCUT2D eigenvalue weighted by Crippen LogP contribution is -2.38. The van der Waals surface area contributed by atoms with Gasteiger partial charge < -0.3 is 20.7 Å². The molecule has 124 valence electrons. The van der Waals surface area contributed by atoms with E-state index < -0.39 is 24.1 Å². The molecule has 4 N–H and O–H groups in total. The Bertz CT molecular complexity index is 647. The first kappa shape index (κ1) is 17.1. The highest BCUT2D eigenvalue weighted by atomic mass is 19.4. The Morgan fingerprint density at radius 1 is 1.09 bits per heavy atom. The molecule has 2 aromatic carbocycles. The highest BCUT2D eigenvalue weighted by Crippen LogP contribution is 2.34. The molecule has 7 heteroatoms. The van der Waals surface area contributed by atoms with Crippen LogP contribution in [0.5, 0.6) is 11.5 Å². The first-order valence-corrected chi connectivity index (χ1v) is 6.79. The molecule has 2 atom stereocenters. The summed E-state index contributed by atoms with van der Waals surface area (Å²) < 4.78 is 42.9. The van der Waals surface area contributed by atoms with E-state index >= 15 is 0 Å². The third-order valence-electron chi connectivity index (χ3n) is 3.28. The average Bonchev–Trinajstić information content (AvgIpc) is 2.52. The number of nitrogens with two attached hydrogens (primary N) is 1. The summed E-state index contributed by atoms with van der Waals surface area (Å²) in [6.45, 7) is 0.247. The molecule has 0 aromatic heterocycles. The van der Waals surface area contributed by atoms with Gasteiger partial charge in [-0.3, -0.25) is 0 Å². The lowest BCUT2D eigenvalue weighted by molar-refractivity contribution is -0.210. The van der Waals surface area contributed by atoms with Gasteiger partial charge in [0.15, 0.2) is 6.10 Å². The maximum absolute atomic E-state index is 12.5. The number of alkyl halides is 3. The Morgan fingerprint density at radius 2 is 1.74 bits per heavy atom. The molecular weight excluding hydrogens is 311 g/mol. The number of phenolic OH excluding ortho intramolecular Hbond substituents is 1. The molecule has 0 heterocycles. The van der Waals surface area contributed by atoms with Crippen LogP contribution in [0.1, 0.15) is 17.2 Å². The van der Waals surface area contributed by atoms with Gasteiger partial charge in [0, 0.05) is 11.6 Å². The van der Waals surface area contributed by atoms with Gasteiger partial charge in [0.25, 0.3) is 0 Å². The van der Waals surface area contributed by atoms with Crippen LogP contribution in [0.25, 0.3) is 0 Å². The number of phenols is 1. The molecular formula is C16H16F3NO3. The minimum Gasteiger partial charge on any atom is -0.507 e. The number of hydrogen-bond acceptors (Lipinski definition) is 4. The second-order valence-electron chi connectivity index (χ2n) is 5.01. The number of aliphatic hydroxyl groups is 1. The maximum atomic E-state index is 12.5. The highest BCUT2D eigenvalue weighted by Gasteiger charge is 2.43. The van der Waals surface area contributed by atoms with E-state index in [-0.39, 0.29) is 17.9 Å². The molecule has 0 amide bonds. The lowest BCUT2D eigenvalue weighted by Gasteiger charge is -2.22. The zero-order valence-electron chi connectivity index (χ0n) is 12.0. The van der Waals surface area contributed by atoms with Crippen molar-refractivity contribution in [2.75, 3.05) is 0 Å². The molecule has 0 aliphatic carbocycles. The van der Waals surface area contributed by atoms with E-state index in [9.17, 15) is 18.3 Å². The predicted molar refractivity (Wildman–Crippen MR) is 77.9 cm³/mol. The fraction of sp³-hybridized carbons (Fsp3) is 0.250. The highest BCUT2D eigenvalue weighted by molar-refractivity contribution is 5.42. The normalized spacial score (nSPS) is 14.3. The Balaban J connectivity index is 2.08. The van der Waals surface area contributed by atoms with Crippen LogP contribution in [-0.4, -0.2) is 22.5 Å². The van der Waals surface area contributed by atoms with Crippen LogP contribution in [0.4, 0.5) is 13.2 Å². The molecule has 23 heavy (non-hydrogen) atoms. The zero-order valence-corrected chi connectivity index (χ0v) is 12.0. The summed E-state index contributed by atoms with van der Waals surface area (Å²) in [5.41, 5.74) is 6.07. The monoisotopic (exact) mass is 327 g/mol. The van der Waals surface area contributed by atoms with Crippen LogP contribution in [0, 0.1) is 0 Å². The van der Waals surface area contributed by atoms with Crippen LogP contribution < -0.4 is 10.5 Å². The molecule has 0 saturated heterocycles. The van der Waals surface area contributed by atoms with Crippen molar-refractivity contribution in [2.45, 2.75) is 24.9 Å². The Labute approximate surface area is 130 Å². The van der Waals surface area contributed by atoms with Crippen LogP contribution in [0.3, 0.4) is 0 Å². The van der Waals surface area contributed by atoms with Gasteiger partial charge in [-0.25, -0.2) is 0 Å². The quantitative estimate of drug-likeness (QED) is 0.789. The van der Waals surface area contributed by atoms with Gasteiger partial charge in [0.2, 0.25) is 0 Å². The molecule has 4 nitrogen and oxygen atoms in total. The number of rotatable bonds is 5. The van der Waals surface area contributed by atoms with Gasteiger partial charge in [-0.05, 0) is 17.7 Å². The van der Waals surface area contributed by atoms with Crippen LogP contribution in [-0.2, 0) is 6.61 Å². The van der Waals surface area contributed by atoms with Gasteiger partial charge in [-0.1, -0.05) is 30.3 Å². The molecule has 0 radical (unpaired) electrons. The number of hydrogen-bond donors (Lipinski definition) is 3. The fourth-order valence-electron chi connectivity index (χ4n) is 2.01. The molecule has 0 aliphatic rings. The van der Waals surface area contributed by atoms with Gasteiger partial charge in [-0.2, -0.15) is 13.2 Å². The average molecular weight is 327 g/mol. The number of halogens is 3. The van der Waals surface area contributed by atoms with Crippen molar-refractivity contribution >= 4 is 0 Å². The number of aliphatic hydroxyl groups excluding tert-OH is 1. The van der Waals surface area contributed by atoms with Crippen LogP contribution in [0.2, 0.25) is 0 Å². The standard InChI is InChI=1S/C16H16F3NO3/c17-16(18,19)15(22)14(20)12-7-6-11(8-13(12)21)23-9-10-4-2-1-3-5-10/h1-8,14-15,21-22H,9,20H2/t14-,15-/m0/s1. The van der Waals surface area contributed by atoms with Crippen molar-refractivity contribution in [1.82, 2.24) is 0 Å². The van der Waals surface area contributed by atoms with Gasteiger partial charge >= 0.3 is 6.18 Å². The summed E-state index contributed by atoms with van der Waals surface area (Å²) >= 11 is 0. The first-order chi connectivity index (χ1) is 10.8. The minimum absolute atomic E-state index is 0.207. The van der Waals surface area contributed by atoms with Gasteiger partial charge in [0.1, 0.15) is 18.1 Å². The molecule has 0 saturated carbocycles. The Hall–Kier alpha value is -2.25. The second-order valence-corrected chi connectivity index (χ2v) is 5.01. The molecule has 0 aliphatic heterocycles. The van der Waals surface area contributed by atoms with E-state index in [1.54, 1.807) is 0 Å². The van der Waals surface area contributed by atoms with E-state index in [0.29, 0.717) is 0 Å². The summed E-state index contributed by atoms with van der Waals surface area (Å²) in [5, 5.41) is 19.0. The third kappa shape index (κ3) is 4.37. The fourth-order valence-corrected chi connectivity index (χ4v) is 2.01. The summed E-state index contributed by atoms with van der Waals surface area (Å²) in [6, 6.07) is 11.2. The summed E-state index contributed by atoms with van der Waals surface area (Å²) in [7, 11) is 0. The molecule has 2 rings (SSSR count). The Morgan fingerprint density at radius 3 is 2.30 bits per heavy atom. The van der Waals surface area contributed by atoms with E-state index in [2.05, 4.69) is 0 Å². The lowest BCUT2D eigenvalue weighted by atomic mass is 10.0. The van der Waals surface area contributed by atoms with E-state index in [1.807, 2.05) is 30.3 Å². The largest absolute Gasteiger partial charge is 0.507 e. The topological polar surface area (TPSA) is 75.7 Å². The van der Waals surface area contributed by atoms with E-state index in [1.165, 1.54) is 18.2 Å². The van der Waals surface area contributed by atoms with Crippen LogP contribution in [0.15, 0.2) is 48.5 Å². The first-order valence-electron chi connectivity index (χ1n) is 6.79. The number of ether oxygens (including phenoxy) is 1. The smallest absolute Gasteiger partial charge is 0.416 e. The third-order valence-corrected chi connectivity index (χ3v) is 3.28. The molecule has 0 spiro atoms. The summed E-state index contributed by atoms with van der Waals surface area (Å²) in [5.74, 6) is -0.185. The molecule has 0 unspecified atom stereocenters. The number of aromatic hydroxyl groups is 1. The van der Waals surface area contributed by atoms with Gasteiger partial charge in [0.05, 0.1) is 6.04 Å². The van der Waals surface area contributed by atoms with Crippen LogP contribution >= 0.6 is 0 Å². The van der Waals surface area contributed by atoms with Crippen molar-refractivity contribution in [3.63, 3.8) is 0 Å². The van der Waals surface area contributed by atoms with Crippen molar-refractivity contribution in [2.24, 2.45) is 5.73 Å². The zero-order chi connectivity index (χ0) is 17.0. The van der Waals surface area contributed by atoms with Crippen molar-refractivity contribution in [1.29, 1.82) is 0 Å². The summed E-state index contributed by atoms with van der Waals surface area (Å²) in [4.78, 5) is 0. The van der Waals surface area contributed by atoms with Gasteiger partial charge in [-0.15, -0.1) is 0 Å². The molecule has 0 fully saturated rings. The maximum Gasteiger partial charge on any atom is 0.416 e. The SMILES string of the molecule is N[C@@H](c1ccc(OCc2ccccc2)cc1O)[C@H](O)C(F)(F)F. The number of benzene rings is 2. The minimum atomic E-state index is -4.87. The van der Waals surface area contributed by atoms with E-state index in [0.717, 1.165) is 5.56 Å². The second kappa shape index (κ2) is 6.89. The van der Waals surface area contributed by atoms with E-state index in [4.69, 9.17) is 15.6 Å². The van der Waals surface area contributed by atoms with Crippen molar-refractivity contribution < 1.29 is 28.1 Å². The van der Waals surface area contributed by atoms with Crippen molar-refractivity contribution in [3.05, 3.63) is 59.7 Å². The van der Waals surface area contributed by atoms with Crippen molar-refractivity contribution in [3.8, 4) is 11.5 Å². The predicted octanol–water partition coefficient (Wildman–Crippen LogP) is 2.89.